The molecule has 2 aromatic rings. The van der Waals surface area contributed by atoms with Crippen LogP contribution in [0.2, 0.25) is 0 Å². The van der Waals surface area contributed by atoms with Gasteiger partial charge in [-0.2, -0.15) is 0 Å². The average Bonchev–Trinajstić information content (AvgIpc) is 3.04. The Morgan fingerprint density at radius 1 is 1.20 bits per heavy atom. The maximum atomic E-state index is 12.3. The van der Waals surface area contributed by atoms with Gasteiger partial charge < -0.3 is 19.8 Å². The van der Waals surface area contributed by atoms with Gasteiger partial charge in [-0.3, -0.25) is 4.90 Å². The van der Waals surface area contributed by atoms with Gasteiger partial charge in [0.2, 0.25) is 0 Å². The molecule has 6 nitrogen and oxygen atoms in total. The van der Waals surface area contributed by atoms with Gasteiger partial charge >= 0.3 is 6.03 Å². The summed E-state index contributed by atoms with van der Waals surface area (Å²) in [7, 11) is 0. The second-order valence-corrected chi connectivity index (χ2v) is 6.31. The zero-order valence-electron chi connectivity index (χ0n) is 14.7. The quantitative estimate of drug-likeness (QED) is 0.874. The van der Waals surface area contributed by atoms with Crippen LogP contribution in [0.25, 0.3) is 0 Å². The predicted molar refractivity (Wildman–Crippen MR) is 96.6 cm³/mol. The number of carbonyl (C=O) groups is 1. The summed E-state index contributed by atoms with van der Waals surface area (Å²) < 4.78 is 10.9. The van der Waals surface area contributed by atoms with E-state index in [-0.39, 0.29) is 12.1 Å². The first kappa shape index (κ1) is 17.5. The molecule has 1 aromatic carbocycles. The van der Waals surface area contributed by atoms with Crippen molar-refractivity contribution in [2.75, 3.05) is 31.6 Å². The van der Waals surface area contributed by atoms with E-state index in [0.717, 1.165) is 55.6 Å². The molecule has 1 aliphatic heterocycles. The lowest BCUT2D eigenvalue weighted by Crippen LogP contribution is -2.36. The second kappa shape index (κ2) is 8.18. The molecule has 1 fully saturated rings. The Kier molecular flexibility index (Phi) is 5.73. The van der Waals surface area contributed by atoms with E-state index in [1.165, 1.54) is 0 Å². The summed E-state index contributed by atoms with van der Waals surface area (Å²) in [6.07, 6.45) is 0. The molecule has 1 saturated heterocycles. The van der Waals surface area contributed by atoms with Gasteiger partial charge in [-0.15, -0.1) is 0 Å². The number of furan rings is 1. The number of aryl methyl sites for hydroxylation is 1. The molecule has 0 spiro atoms. The van der Waals surface area contributed by atoms with E-state index in [9.17, 15) is 4.79 Å². The normalized spacial score (nSPS) is 16.4. The molecule has 1 aliphatic rings. The van der Waals surface area contributed by atoms with Crippen molar-refractivity contribution in [1.82, 2.24) is 10.2 Å². The number of nitrogens with zero attached hydrogens (tertiary/aromatic N) is 1. The second-order valence-electron chi connectivity index (χ2n) is 6.31. The smallest absolute Gasteiger partial charge is 0.319 e. The van der Waals surface area contributed by atoms with Gasteiger partial charge in [0.05, 0.1) is 19.3 Å². The maximum Gasteiger partial charge on any atom is 0.319 e. The zero-order chi connectivity index (χ0) is 17.6. The molecule has 1 aromatic heterocycles. The predicted octanol–water partition coefficient (Wildman–Crippen LogP) is 3.30. The standard InChI is InChI=1S/C19H25N3O3/c1-14-7-8-18(25-14)15(2)20-19(23)21-17-6-4-3-5-16(17)13-22-9-11-24-12-10-22/h3-8,15H,9-13H2,1-2H3,(H2,20,21,23)/t15-/m0/s1. The molecular weight excluding hydrogens is 318 g/mol. The van der Waals surface area contributed by atoms with Crippen LogP contribution in [0.1, 0.15) is 30.0 Å². The number of carbonyl (C=O) groups excluding carboxylic acids is 1. The number of amides is 2. The van der Waals surface area contributed by atoms with Gasteiger partial charge in [0.1, 0.15) is 11.5 Å². The van der Waals surface area contributed by atoms with Crippen molar-refractivity contribution in [2.45, 2.75) is 26.4 Å². The van der Waals surface area contributed by atoms with Crippen molar-refractivity contribution < 1.29 is 13.9 Å². The average molecular weight is 343 g/mol. The molecule has 0 saturated carbocycles. The van der Waals surface area contributed by atoms with Crippen LogP contribution in [-0.2, 0) is 11.3 Å². The van der Waals surface area contributed by atoms with Gasteiger partial charge in [0, 0.05) is 25.3 Å². The zero-order valence-corrected chi connectivity index (χ0v) is 14.7. The molecule has 1 atom stereocenters. The summed E-state index contributed by atoms with van der Waals surface area (Å²) in [5.41, 5.74) is 1.93. The fraction of sp³-hybridized carbons (Fsp3) is 0.421. The van der Waals surface area contributed by atoms with Crippen molar-refractivity contribution in [1.29, 1.82) is 0 Å². The third kappa shape index (κ3) is 4.84. The topological polar surface area (TPSA) is 66.7 Å². The number of ether oxygens (including phenoxy) is 1. The van der Waals surface area contributed by atoms with Gasteiger partial charge in [0.15, 0.2) is 0 Å². The minimum atomic E-state index is -0.240. The Hall–Kier alpha value is -2.31. The third-order valence-electron chi connectivity index (χ3n) is 4.30. The van der Waals surface area contributed by atoms with Gasteiger partial charge in [-0.1, -0.05) is 18.2 Å². The van der Waals surface area contributed by atoms with Gasteiger partial charge in [-0.05, 0) is 37.6 Å². The van der Waals surface area contributed by atoms with E-state index in [4.69, 9.17) is 9.15 Å². The highest BCUT2D eigenvalue weighted by molar-refractivity contribution is 5.90. The van der Waals surface area contributed by atoms with Crippen LogP contribution >= 0.6 is 0 Å². The molecule has 0 unspecified atom stereocenters. The highest BCUT2D eigenvalue weighted by Gasteiger charge is 2.16. The van der Waals surface area contributed by atoms with E-state index in [2.05, 4.69) is 15.5 Å². The monoisotopic (exact) mass is 343 g/mol. The third-order valence-corrected chi connectivity index (χ3v) is 4.30. The Morgan fingerprint density at radius 2 is 1.96 bits per heavy atom. The number of hydrogen-bond donors (Lipinski definition) is 2. The minimum absolute atomic E-state index is 0.194. The SMILES string of the molecule is Cc1ccc([C@H](C)NC(=O)Nc2ccccc2CN2CCOCC2)o1. The van der Waals surface area contributed by atoms with Crippen LogP contribution in [-0.4, -0.2) is 37.2 Å². The van der Waals surface area contributed by atoms with E-state index in [0.29, 0.717) is 0 Å². The van der Waals surface area contributed by atoms with E-state index >= 15 is 0 Å². The summed E-state index contributed by atoms with van der Waals surface area (Å²) in [5, 5.41) is 5.87. The Balaban J connectivity index is 1.60. The summed E-state index contributed by atoms with van der Waals surface area (Å²) in [4.78, 5) is 14.7. The Bertz CT molecular complexity index is 707. The Morgan fingerprint density at radius 3 is 2.68 bits per heavy atom. The molecule has 0 radical (unpaired) electrons. The highest BCUT2D eigenvalue weighted by Crippen LogP contribution is 2.19. The summed E-state index contributed by atoms with van der Waals surface area (Å²) >= 11 is 0. The number of urea groups is 1. The maximum absolute atomic E-state index is 12.3. The van der Waals surface area contributed by atoms with Crippen LogP contribution in [0.15, 0.2) is 40.8 Å². The first-order valence-electron chi connectivity index (χ1n) is 8.63. The molecule has 134 valence electrons. The van der Waals surface area contributed by atoms with Crippen molar-refractivity contribution >= 4 is 11.7 Å². The molecule has 2 amide bonds. The summed E-state index contributed by atoms with van der Waals surface area (Å²) in [6, 6.07) is 11.2. The van der Waals surface area contributed by atoms with Crippen molar-refractivity contribution in [3.8, 4) is 0 Å². The first-order valence-corrected chi connectivity index (χ1v) is 8.63. The molecule has 2 heterocycles. The first-order chi connectivity index (χ1) is 12.1. The summed E-state index contributed by atoms with van der Waals surface area (Å²) in [5.74, 6) is 1.58. The van der Waals surface area contributed by atoms with Crippen LogP contribution in [0.3, 0.4) is 0 Å². The lowest BCUT2D eigenvalue weighted by Gasteiger charge is -2.27. The lowest BCUT2D eigenvalue weighted by molar-refractivity contribution is 0.0343. The van der Waals surface area contributed by atoms with E-state index in [1.54, 1.807) is 0 Å². The van der Waals surface area contributed by atoms with Crippen LogP contribution in [0.4, 0.5) is 10.5 Å². The van der Waals surface area contributed by atoms with Crippen molar-refractivity contribution in [3.63, 3.8) is 0 Å². The van der Waals surface area contributed by atoms with Gasteiger partial charge in [0.25, 0.3) is 0 Å². The number of hydrogen-bond acceptors (Lipinski definition) is 4. The van der Waals surface area contributed by atoms with Crippen LogP contribution in [0.5, 0.6) is 0 Å². The molecule has 0 aliphatic carbocycles. The number of rotatable bonds is 5. The number of nitrogens with one attached hydrogen (secondary N) is 2. The molecular formula is C19H25N3O3. The van der Waals surface area contributed by atoms with Crippen molar-refractivity contribution in [3.05, 3.63) is 53.5 Å². The number of para-hydroxylation sites is 1. The highest BCUT2D eigenvalue weighted by atomic mass is 16.5. The van der Waals surface area contributed by atoms with Gasteiger partial charge in [-0.25, -0.2) is 4.79 Å². The molecule has 2 N–H and O–H groups in total. The molecule has 25 heavy (non-hydrogen) atoms. The van der Waals surface area contributed by atoms with E-state index in [1.807, 2.05) is 50.2 Å². The van der Waals surface area contributed by atoms with Crippen LogP contribution < -0.4 is 10.6 Å². The molecule has 0 bridgehead atoms. The molecule has 3 rings (SSSR count). The minimum Gasteiger partial charge on any atom is -0.464 e. The molecule has 6 heteroatoms. The number of anilines is 1. The summed E-state index contributed by atoms with van der Waals surface area (Å²) in [6.45, 7) is 7.93. The lowest BCUT2D eigenvalue weighted by atomic mass is 10.1. The fourth-order valence-electron chi connectivity index (χ4n) is 2.89. The van der Waals surface area contributed by atoms with Crippen molar-refractivity contribution in [2.24, 2.45) is 0 Å². The largest absolute Gasteiger partial charge is 0.464 e. The number of morpholine rings is 1. The van der Waals surface area contributed by atoms with E-state index < -0.39 is 0 Å². The fourth-order valence-corrected chi connectivity index (χ4v) is 2.89. The number of benzene rings is 1. The Labute approximate surface area is 148 Å². The van der Waals surface area contributed by atoms with Crippen LogP contribution in [0, 0.1) is 6.92 Å².